The van der Waals surface area contributed by atoms with Gasteiger partial charge in [0.2, 0.25) is 0 Å². The number of methoxy groups -OCH3 is 3. The van der Waals surface area contributed by atoms with E-state index in [0.29, 0.717) is 32.7 Å². The molecule has 8 heteroatoms. The van der Waals surface area contributed by atoms with Crippen LogP contribution in [0.25, 0.3) is 10.8 Å². The molecule has 0 fully saturated rings. The van der Waals surface area contributed by atoms with Crippen LogP contribution >= 0.6 is 23.2 Å². The topological polar surface area (TPSA) is 66.9 Å². The SMILES string of the molecule is COc1ccc2cc(C(C)C(=O)OC(Cc3c(Cl)cncc3Cl)c3ccc(OC)c(OC)c3)ccc2c1. The number of fused-ring (bicyclic) bond motifs is 1. The van der Waals surface area contributed by atoms with E-state index in [1.165, 1.54) is 12.4 Å². The Bertz CT molecular complexity index is 1400. The zero-order valence-electron chi connectivity index (χ0n) is 21.0. The largest absolute Gasteiger partial charge is 0.497 e. The van der Waals surface area contributed by atoms with Gasteiger partial charge in [-0.3, -0.25) is 9.78 Å². The van der Waals surface area contributed by atoms with Crippen LogP contribution in [0.1, 0.15) is 35.6 Å². The van der Waals surface area contributed by atoms with E-state index in [2.05, 4.69) is 4.98 Å². The average molecular weight is 540 g/mol. The Hall–Kier alpha value is -3.48. The standard InChI is InChI=1S/C29H27Cl2NO5/c1-17(18-5-6-20-12-22(34-2)9-7-19(20)11-18)29(33)37-27(14-23-24(30)15-32-16-25(23)31)21-8-10-26(35-3)28(13-21)36-4/h5-13,15-17,27H,14H2,1-4H3. The number of hydrogen-bond acceptors (Lipinski definition) is 6. The second-order valence-electron chi connectivity index (χ2n) is 8.52. The van der Waals surface area contributed by atoms with Crippen LogP contribution in [0.3, 0.4) is 0 Å². The highest BCUT2D eigenvalue weighted by molar-refractivity contribution is 6.35. The number of nitrogens with zero attached hydrogens (tertiary/aromatic N) is 1. The molecule has 0 aliphatic rings. The Morgan fingerprint density at radius 2 is 1.46 bits per heavy atom. The number of hydrogen-bond donors (Lipinski definition) is 0. The summed E-state index contributed by atoms with van der Waals surface area (Å²) in [5.74, 6) is 0.967. The van der Waals surface area contributed by atoms with Crippen LogP contribution in [-0.4, -0.2) is 32.3 Å². The summed E-state index contributed by atoms with van der Waals surface area (Å²) in [6.45, 7) is 1.82. The molecule has 0 N–H and O–H groups in total. The highest BCUT2D eigenvalue weighted by atomic mass is 35.5. The molecule has 192 valence electrons. The molecule has 2 unspecified atom stereocenters. The minimum atomic E-state index is -0.683. The fourth-order valence-corrected chi connectivity index (χ4v) is 4.64. The third-order valence-electron chi connectivity index (χ3n) is 6.30. The maximum absolute atomic E-state index is 13.4. The van der Waals surface area contributed by atoms with Crippen molar-refractivity contribution >= 4 is 39.9 Å². The summed E-state index contributed by atoms with van der Waals surface area (Å²) in [7, 11) is 4.75. The Morgan fingerprint density at radius 1 is 0.811 bits per heavy atom. The number of ether oxygens (including phenoxy) is 4. The number of pyridine rings is 1. The highest BCUT2D eigenvalue weighted by Gasteiger charge is 2.26. The van der Waals surface area contributed by atoms with Gasteiger partial charge in [0, 0.05) is 18.8 Å². The number of esters is 1. The summed E-state index contributed by atoms with van der Waals surface area (Å²) in [5, 5.41) is 2.82. The lowest BCUT2D eigenvalue weighted by Crippen LogP contribution is -2.19. The fourth-order valence-electron chi connectivity index (χ4n) is 4.12. The lowest BCUT2D eigenvalue weighted by atomic mass is 9.97. The van der Waals surface area contributed by atoms with Crippen LogP contribution in [0.4, 0.5) is 0 Å². The monoisotopic (exact) mass is 539 g/mol. The molecule has 0 saturated carbocycles. The first kappa shape index (κ1) is 26.6. The molecule has 37 heavy (non-hydrogen) atoms. The van der Waals surface area contributed by atoms with E-state index in [4.69, 9.17) is 42.1 Å². The van der Waals surface area contributed by atoms with Crippen molar-refractivity contribution in [3.8, 4) is 17.2 Å². The van der Waals surface area contributed by atoms with Gasteiger partial charge in [-0.15, -0.1) is 0 Å². The molecule has 0 aliphatic carbocycles. The van der Waals surface area contributed by atoms with Crippen molar-refractivity contribution in [1.29, 1.82) is 0 Å². The van der Waals surface area contributed by atoms with Crippen molar-refractivity contribution in [2.75, 3.05) is 21.3 Å². The summed E-state index contributed by atoms with van der Waals surface area (Å²) in [6, 6.07) is 17.1. The van der Waals surface area contributed by atoms with Gasteiger partial charge in [-0.2, -0.15) is 0 Å². The van der Waals surface area contributed by atoms with Crippen LogP contribution < -0.4 is 14.2 Å². The van der Waals surface area contributed by atoms with Crippen molar-refractivity contribution in [2.24, 2.45) is 0 Å². The summed E-state index contributed by atoms with van der Waals surface area (Å²) >= 11 is 12.8. The highest BCUT2D eigenvalue weighted by Crippen LogP contribution is 2.36. The van der Waals surface area contributed by atoms with Crippen molar-refractivity contribution in [3.05, 3.63) is 93.7 Å². The lowest BCUT2D eigenvalue weighted by Gasteiger charge is -2.23. The van der Waals surface area contributed by atoms with Crippen LogP contribution in [0.2, 0.25) is 10.0 Å². The Labute approximate surface area is 226 Å². The molecule has 0 amide bonds. The molecule has 2 atom stereocenters. The molecule has 4 aromatic rings. The molecule has 1 heterocycles. The Balaban J connectivity index is 1.65. The van der Waals surface area contributed by atoms with Crippen molar-refractivity contribution < 1.29 is 23.7 Å². The van der Waals surface area contributed by atoms with Gasteiger partial charge < -0.3 is 18.9 Å². The minimum absolute atomic E-state index is 0.256. The van der Waals surface area contributed by atoms with Crippen LogP contribution in [-0.2, 0) is 16.0 Å². The quantitative estimate of drug-likeness (QED) is 0.209. The maximum atomic E-state index is 13.4. The van der Waals surface area contributed by atoms with Crippen LogP contribution in [0.15, 0.2) is 67.0 Å². The second kappa shape index (κ2) is 11.7. The third kappa shape index (κ3) is 5.92. The summed E-state index contributed by atoms with van der Waals surface area (Å²) in [6.07, 6.45) is 2.61. The molecular weight excluding hydrogens is 513 g/mol. The number of benzene rings is 3. The van der Waals surface area contributed by atoms with Gasteiger partial charge in [-0.1, -0.05) is 53.5 Å². The van der Waals surface area contributed by atoms with E-state index < -0.39 is 12.0 Å². The normalized spacial score (nSPS) is 12.6. The Kier molecular flexibility index (Phi) is 8.41. The molecule has 0 bridgehead atoms. The molecular formula is C29H27Cl2NO5. The molecule has 0 saturated heterocycles. The van der Waals surface area contributed by atoms with E-state index in [1.54, 1.807) is 33.5 Å². The first-order valence-corrected chi connectivity index (χ1v) is 12.4. The fraction of sp³-hybridized carbons (Fsp3) is 0.241. The van der Waals surface area contributed by atoms with Crippen molar-refractivity contribution in [1.82, 2.24) is 4.98 Å². The predicted octanol–water partition coefficient (Wildman–Crippen LogP) is 7.20. The maximum Gasteiger partial charge on any atom is 0.313 e. The van der Waals surface area contributed by atoms with Gasteiger partial charge in [0.15, 0.2) is 11.5 Å². The molecule has 4 rings (SSSR count). The number of aromatic nitrogens is 1. The van der Waals surface area contributed by atoms with Crippen molar-refractivity contribution in [3.63, 3.8) is 0 Å². The van der Waals surface area contributed by atoms with Gasteiger partial charge in [-0.05, 0) is 58.7 Å². The van der Waals surface area contributed by atoms with Gasteiger partial charge in [-0.25, -0.2) is 0 Å². The van der Waals surface area contributed by atoms with E-state index in [-0.39, 0.29) is 12.4 Å². The van der Waals surface area contributed by atoms with Gasteiger partial charge in [0.25, 0.3) is 0 Å². The van der Waals surface area contributed by atoms with Crippen LogP contribution in [0, 0.1) is 0 Å². The summed E-state index contributed by atoms with van der Waals surface area (Å²) < 4.78 is 22.2. The number of carbonyl (C=O) groups excluding carboxylic acids is 1. The Morgan fingerprint density at radius 3 is 2.14 bits per heavy atom. The third-order valence-corrected chi connectivity index (χ3v) is 6.96. The smallest absolute Gasteiger partial charge is 0.313 e. The molecule has 3 aromatic carbocycles. The molecule has 0 radical (unpaired) electrons. The number of rotatable bonds is 9. The number of halogens is 2. The van der Waals surface area contributed by atoms with E-state index in [0.717, 1.165) is 22.1 Å². The molecule has 1 aromatic heterocycles. The average Bonchev–Trinajstić information content (AvgIpc) is 2.92. The lowest BCUT2D eigenvalue weighted by molar-refractivity contribution is -0.150. The predicted molar refractivity (Wildman–Crippen MR) is 145 cm³/mol. The van der Waals surface area contributed by atoms with E-state index in [1.807, 2.05) is 49.4 Å². The first-order chi connectivity index (χ1) is 17.8. The molecule has 0 spiro atoms. The molecule has 0 aliphatic heterocycles. The van der Waals surface area contributed by atoms with E-state index >= 15 is 0 Å². The van der Waals surface area contributed by atoms with Crippen molar-refractivity contribution in [2.45, 2.75) is 25.4 Å². The zero-order valence-corrected chi connectivity index (χ0v) is 22.5. The minimum Gasteiger partial charge on any atom is -0.497 e. The summed E-state index contributed by atoms with van der Waals surface area (Å²) in [5.41, 5.74) is 2.19. The van der Waals surface area contributed by atoms with Gasteiger partial charge in [0.05, 0.1) is 37.3 Å². The second-order valence-corrected chi connectivity index (χ2v) is 9.33. The van der Waals surface area contributed by atoms with E-state index in [9.17, 15) is 4.79 Å². The first-order valence-electron chi connectivity index (χ1n) is 11.6. The summed E-state index contributed by atoms with van der Waals surface area (Å²) in [4.78, 5) is 17.4. The van der Waals surface area contributed by atoms with Crippen LogP contribution in [0.5, 0.6) is 17.2 Å². The number of carbonyl (C=O) groups is 1. The van der Waals surface area contributed by atoms with Gasteiger partial charge >= 0.3 is 5.97 Å². The van der Waals surface area contributed by atoms with Gasteiger partial charge in [0.1, 0.15) is 11.9 Å². The molecule has 6 nitrogen and oxygen atoms in total. The zero-order chi connectivity index (χ0) is 26.5.